The van der Waals surface area contributed by atoms with Crippen molar-refractivity contribution in [2.75, 3.05) is 40.9 Å². The number of carbonyl (C=O) groups is 1. The van der Waals surface area contributed by atoms with E-state index >= 15 is 0 Å². The maximum absolute atomic E-state index is 13.0. The fraction of sp³-hybridized carbons (Fsp3) is 0.984. The monoisotopic (exact) mass is 1030 g/mol. The van der Waals surface area contributed by atoms with Gasteiger partial charge >= 0.3 is 7.82 Å². The molecule has 0 aliphatic carbocycles. The molecule has 0 aliphatic rings. The minimum atomic E-state index is -4.32. The van der Waals surface area contributed by atoms with Crippen LogP contribution in [-0.2, 0) is 18.4 Å². The number of rotatable bonds is 60. The SMILES string of the molecule is CCCCCCCCCCCCCCCCCCCCCCCCCCCCCCCCCCC(=O)NC(COP(=O)(O)OCC[N+](C)(C)C)C(O)CCCCCCCCCCCCCCCCCCC. The van der Waals surface area contributed by atoms with Crippen LogP contribution in [0.5, 0.6) is 0 Å². The van der Waals surface area contributed by atoms with Crippen LogP contribution in [0.25, 0.3) is 0 Å². The summed E-state index contributed by atoms with van der Waals surface area (Å²) in [5.41, 5.74) is 0. The number of likely N-dealkylation sites (N-methyl/N-ethyl adjacent to an activating group) is 1. The molecular weight excluding hydrogens is 900 g/mol. The standard InChI is InChI=1S/C62H127N2O6P/c1-6-8-10-12-14-16-18-20-22-24-25-26-27-28-29-30-31-32-33-34-35-36-37-38-40-42-44-46-48-50-52-54-56-62(66)63-60(59-70-71(67,68)69-58-57-64(3,4)5)61(65)55-53-51-49-47-45-43-41-39-23-21-19-17-15-13-11-9-7-2/h60-61,65H,6-59H2,1-5H3,(H-,63,66,67,68)/p+1. The van der Waals surface area contributed by atoms with Crippen molar-refractivity contribution in [3.8, 4) is 0 Å². The number of nitrogens with one attached hydrogen (secondary N) is 1. The highest BCUT2D eigenvalue weighted by molar-refractivity contribution is 7.47. The maximum atomic E-state index is 13.0. The number of aliphatic hydroxyl groups excluding tert-OH is 1. The molecule has 0 spiro atoms. The first-order valence-corrected chi connectivity index (χ1v) is 33.4. The van der Waals surface area contributed by atoms with Crippen LogP contribution >= 0.6 is 7.82 Å². The minimum absolute atomic E-state index is 0.0792. The maximum Gasteiger partial charge on any atom is 0.472 e. The third-order valence-electron chi connectivity index (χ3n) is 15.1. The van der Waals surface area contributed by atoms with Gasteiger partial charge in [0, 0.05) is 6.42 Å². The molecule has 0 rings (SSSR count). The van der Waals surface area contributed by atoms with Crippen LogP contribution < -0.4 is 5.32 Å². The van der Waals surface area contributed by atoms with Crippen LogP contribution in [0, 0.1) is 0 Å². The topological polar surface area (TPSA) is 105 Å². The summed E-state index contributed by atoms with van der Waals surface area (Å²) in [4.78, 5) is 23.4. The second-order valence-electron chi connectivity index (χ2n) is 23.5. The average Bonchev–Trinajstić information content (AvgIpc) is 3.33. The molecule has 1 amide bonds. The van der Waals surface area contributed by atoms with Crippen molar-refractivity contribution in [2.45, 2.75) is 353 Å². The predicted molar refractivity (Wildman–Crippen MR) is 309 cm³/mol. The summed E-state index contributed by atoms with van der Waals surface area (Å²) in [6.07, 6.45) is 66.2. The number of amides is 1. The van der Waals surface area contributed by atoms with Gasteiger partial charge in [0.15, 0.2) is 0 Å². The largest absolute Gasteiger partial charge is 0.472 e. The lowest BCUT2D eigenvalue weighted by atomic mass is 10.0. The Bertz CT molecular complexity index is 1120. The van der Waals surface area contributed by atoms with Crippen molar-refractivity contribution in [1.82, 2.24) is 5.32 Å². The lowest BCUT2D eigenvalue weighted by Crippen LogP contribution is -2.46. The summed E-state index contributed by atoms with van der Waals surface area (Å²) in [5, 5.41) is 14.1. The lowest BCUT2D eigenvalue weighted by Gasteiger charge is -2.26. The van der Waals surface area contributed by atoms with Crippen molar-refractivity contribution >= 4 is 13.7 Å². The van der Waals surface area contributed by atoms with Crippen LogP contribution in [0.4, 0.5) is 0 Å². The van der Waals surface area contributed by atoms with E-state index in [0.29, 0.717) is 23.9 Å². The van der Waals surface area contributed by atoms with Crippen molar-refractivity contribution in [1.29, 1.82) is 0 Å². The normalized spacial score (nSPS) is 13.7. The first kappa shape index (κ1) is 70.5. The van der Waals surface area contributed by atoms with Gasteiger partial charge in [0.1, 0.15) is 13.2 Å². The van der Waals surface area contributed by atoms with Crippen LogP contribution in [0.15, 0.2) is 0 Å². The van der Waals surface area contributed by atoms with Gasteiger partial charge in [-0.2, -0.15) is 0 Å². The molecule has 8 nitrogen and oxygen atoms in total. The Morgan fingerprint density at radius 2 is 0.676 bits per heavy atom. The summed E-state index contributed by atoms with van der Waals surface area (Å²) >= 11 is 0. The number of phosphoric acid groups is 1. The van der Waals surface area contributed by atoms with Gasteiger partial charge in [-0.25, -0.2) is 4.57 Å². The third-order valence-corrected chi connectivity index (χ3v) is 16.1. The Hall–Kier alpha value is -0.500. The Labute approximate surface area is 444 Å². The Balaban J connectivity index is 3.96. The quantitative estimate of drug-likeness (QED) is 0.0318. The molecule has 3 unspecified atom stereocenters. The molecule has 0 saturated carbocycles. The summed E-state index contributed by atoms with van der Waals surface area (Å²) in [6.45, 7) is 4.95. The van der Waals surface area contributed by atoms with E-state index in [1.807, 2.05) is 21.1 Å². The molecule has 9 heteroatoms. The van der Waals surface area contributed by atoms with Gasteiger partial charge in [-0.1, -0.05) is 322 Å². The molecule has 0 heterocycles. The van der Waals surface area contributed by atoms with Gasteiger partial charge < -0.3 is 19.8 Å². The molecule has 71 heavy (non-hydrogen) atoms. The number of quaternary nitrogens is 1. The van der Waals surface area contributed by atoms with Crippen LogP contribution in [-0.4, -0.2) is 73.4 Å². The average molecular weight is 1030 g/mol. The van der Waals surface area contributed by atoms with E-state index in [1.54, 1.807) is 0 Å². The van der Waals surface area contributed by atoms with Crippen LogP contribution in [0.1, 0.15) is 341 Å². The zero-order valence-corrected chi connectivity index (χ0v) is 49.7. The zero-order valence-electron chi connectivity index (χ0n) is 48.8. The van der Waals surface area contributed by atoms with Gasteiger partial charge in [-0.15, -0.1) is 0 Å². The van der Waals surface area contributed by atoms with E-state index in [-0.39, 0.29) is 19.1 Å². The molecule has 0 radical (unpaired) electrons. The molecule has 0 aromatic heterocycles. The molecule has 0 fully saturated rings. The number of carbonyl (C=O) groups excluding carboxylic acids is 1. The van der Waals surface area contributed by atoms with Gasteiger partial charge in [-0.05, 0) is 12.8 Å². The molecule has 0 aromatic carbocycles. The van der Waals surface area contributed by atoms with E-state index in [1.165, 1.54) is 276 Å². The first-order chi connectivity index (χ1) is 34.5. The van der Waals surface area contributed by atoms with E-state index in [2.05, 4.69) is 19.2 Å². The fourth-order valence-corrected chi connectivity index (χ4v) is 10.8. The fourth-order valence-electron chi connectivity index (χ4n) is 10.1. The summed E-state index contributed by atoms with van der Waals surface area (Å²) < 4.78 is 23.8. The molecule has 0 saturated heterocycles. The zero-order chi connectivity index (χ0) is 52.0. The van der Waals surface area contributed by atoms with E-state index < -0.39 is 20.0 Å². The Morgan fingerprint density at radius 1 is 0.423 bits per heavy atom. The van der Waals surface area contributed by atoms with Crippen molar-refractivity contribution in [3.63, 3.8) is 0 Å². The molecule has 0 aliphatic heterocycles. The smallest absolute Gasteiger partial charge is 0.391 e. The molecule has 3 atom stereocenters. The first-order valence-electron chi connectivity index (χ1n) is 31.9. The number of hydrogen-bond acceptors (Lipinski definition) is 5. The number of hydrogen-bond donors (Lipinski definition) is 3. The third kappa shape index (κ3) is 57.1. The van der Waals surface area contributed by atoms with Crippen LogP contribution in [0.3, 0.4) is 0 Å². The minimum Gasteiger partial charge on any atom is -0.391 e. The number of unbranched alkanes of at least 4 members (excludes halogenated alkanes) is 47. The predicted octanol–water partition coefficient (Wildman–Crippen LogP) is 19.6. The van der Waals surface area contributed by atoms with E-state index in [4.69, 9.17) is 9.05 Å². The second-order valence-corrected chi connectivity index (χ2v) is 25.0. The Kier molecular flexibility index (Phi) is 53.9. The molecule has 0 aromatic rings. The summed E-state index contributed by atoms with van der Waals surface area (Å²) in [7, 11) is 1.64. The van der Waals surface area contributed by atoms with Crippen molar-refractivity contribution < 1.29 is 32.9 Å². The Morgan fingerprint density at radius 3 is 0.944 bits per heavy atom. The highest BCUT2D eigenvalue weighted by Gasteiger charge is 2.28. The van der Waals surface area contributed by atoms with Crippen LogP contribution in [0.2, 0.25) is 0 Å². The second kappa shape index (κ2) is 54.3. The molecule has 0 bridgehead atoms. The van der Waals surface area contributed by atoms with Gasteiger partial charge in [-0.3, -0.25) is 13.8 Å². The van der Waals surface area contributed by atoms with E-state index in [9.17, 15) is 19.4 Å². The van der Waals surface area contributed by atoms with E-state index in [0.717, 1.165) is 38.5 Å². The van der Waals surface area contributed by atoms with Gasteiger partial charge in [0.25, 0.3) is 0 Å². The number of nitrogens with zero attached hydrogens (tertiary/aromatic N) is 1. The molecule has 3 N–H and O–H groups in total. The highest BCUT2D eigenvalue weighted by atomic mass is 31.2. The molecular formula is C62H128N2O6P+. The number of aliphatic hydroxyl groups is 1. The summed E-state index contributed by atoms with van der Waals surface area (Å²) in [5.74, 6) is -0.135. The highest BCUT2D eigenvalue weighted by Crippen LogP contribution is 2.43. The van der Waals surface area contributed by atoms with Gasteiger partial charge in [0.05, 0.1) is 39.9 Å². The number of phosphoric ester groups is 1. The lowest BCUT2D eigenvalue weighted by molar-refractivity contribution is -0.870. The summed E-state index contributed by atoms with van der Waals surface area (Å²) in [6, 6.07) is -0.755. The van der Waals surface area contributed by atoms with Crippen molar-refractivity contribution in [3.05, 3.63) is 0 Å². The van der Waals surface area contributed by atoms with Crippen molar-refractivity contribution in [2.24, 2.45) is 0 Å². The van der Waals surface area contributed by atoms with Gasteiger partial charge in [0.2, 0.25) is 5.91 Å². The molecule has 426 valence electrons.